The van der Waals surface area contributed by atoms with E-state index in [4.69, 9.17) is 0 Å². The Bertz CT molecular complexity index is 339. The molecule has 0 unspecified atom stereocenters. The molecule has 0 aromatic heterocycles. The molecule has 1 aromatic carbocycles. The smallest absolute Gasteiger partial charge is 0.319 e. The van der Waals surface area contributed by atoms with Gasteiger partial charge in [-0.2, -0.15) is 0 Å². The molecule has 2 amide bonds. The van der Waals surface area contributed by atoms with E-state index < -0.39 is 11.8 Å². The first-order valence-electron chi connectivity index (χ1n) is 4.44. The van der Waals surface area contributed by atoms with E-state index in [0.717, 1.165) is 5.56 Å². The fourth-order valence-corrected chi connectivity index (χ4v) is 1.05. The molecule has 0 spiro atoms. The minimum Gasteiger partial charge on any atom is -0.338 e. The second-order valence-electron chi connectivity index (χ2n) is 2.97. The average Bonchev–Trinajstić information content (AvgIpc) is 2.10. The SMILES string of the molecule is CCNC(=O)Nc1ccc(C)cc1F. The molecule has 0 heterocycles. The molecule has 4 heteroatoms. The number of amides is 2. The summed E-state index contributed by atoms with van der Waals surface area (Å²) in [6.07, 6.45) is 0. The van der Waals surface area contributed by atoms with E-state index in [0.29, 0.717) is 6.54 Å². The number of halogens is 1. The van der Waals surface area contributed by atoms with Crippen molar-refractivity contribution in [1.29, 1.82) is 0 Å². The summed E-state index contributed by atoms with van der Waals surface area (Å²) in [4.78, 5) is 11.1. The lowest BCUT2D eigenvalue weighted by Crippen LogP contribution is -2.28. The van der Waals surface area contributed by atoms with E-state index in [1.165, 1.54) is 6.07 Å². The molecule has 0 aliphatic rings. The molecule has 3 nitrogen and oxygen atoms in total. The zero-order valence-electron chi connectivity index (χ0n) is 8.23. The second kappa shape index (κ2) is 4.60. The molecule has 0 bridgehead atoms. The summed E-state index contributed by atoms with van der Waals surface area (Å²) in [5.74, 6) is -0.420. The van der Waals surface area contributed by atoms with Gasteiger partial charge in [0.05, 0.1) is 5.69 Å². The van der Waals surface area contributed by atoms with Gasteiger partial charge in [0.1, 0.15) is 5.82 Å². The molecule has 14 heavy (non-hydrogen) atoms. The number of carbonyl (C=O) groups excluding carboxylic acids is 1. The second-order valence-corrected chi connectivity index (χ2v) is 2.97. The fraction of sp³-hybridized carbons (Fsp3) is 0.300. The predicted octanol–water partition coefficient (Wildman–Crippen LogP) is 2.28. The van der Waals surface area contributed by atoms with E-state index in [1.54, 1.807) is 26.0 Å². The third kappa shape index (κ3) is 2.73. The Labute approximate surface area is 82.3 Å². The monoisotopic (exact) mass is 196 g/mol. The summed E-state index contributed by atoms with van der Waals surface area (Å²) in [5.41, 5.74) is 1.02. The van der Waals surface area contributed by atoms with Crippen LogP contribution in [0.3, 0.4) is 0 Å². The van der Waals surface area contributed by atoms with Crippen molar-refractivity contribution in [3.8, 4) is 0 Å². The van der Waals surface area contributed by atoms with Gasteiger partial charge in [-0.05, 0) is 31.5 Å². The number of aryl methyl sites for hydroxylation is 1. The van der Waals surface area contributed by atoms with Gasteiger partial charge < -0.3 is 10.6 Å². The highest BCUT2D eigenvalue weighted by molar-refractivity contribution is 5.89. The quantitative estimate of drug-likeness (QED) is 0.748. The first-order chi connectivity index (χ1) is 6.63. The van der Waals surface area contributed by atoms with Crippen molar-refractivity contribution in [1.82, 2.24) is 5.32 Å². The van der Waals surface area contributed by atoms with Crippen LogP contribution in [0.25, 0.3) is 0 Å². The van der Waals surface area contributed by atoms with Gasteiger partial charge in [0.2, 0.25) is 0 Å². The summed E-state index contributed by atoms with van der Waals surface area (Å²) < 4.78 is 13.2. The van der Waals surface area contributed by atoms with Crippen LogP contribution < -0.4 is 10.6 Å². The number of urea groups is 1. The average molecular weight is 196 g/mol. The zero-order valence-corrected chi connectivity index (χ0v) is 8.23. The lowest BCUT2D eigenvalue weighted by atomic mass is 10.2. The minimum atomic E-state index is -0.420. The Morgan fingerprint density at radius 3 is 2.79 bits per heavy atom. The summed E-state index contributed by atoms with van der Waals surface area (Å²) in [6.45, 7) is 4.10. The van der Waals surface area contributed by atoms with Crippen LogP contribution in [0.1, 0.15) is 12.5 Å². The van der Waals surface area contributed by atoms with Crippen LogP contribution in [0.2, 0.25) is 0 Å². The standard InChI is InChI=1S/C10H13FN2O/c1-3-12-10(14)13-9-5-4-7(2)6-8(9)11/h4-6H,3H2,1-2H3,(H2,12,13,14). The maximum Gasteiger partial charge on any atom is 0.319 e. The van der Waals surface area contributed by atoms with Crippen molar-refractivity contribution in [2.24, 2.45) is 0 Å². The Kier molecular flexibility index (Phi) is 3.45. The Morgan fingerprint density at radius 2 is 2.21 bits per heavy atom. The predicted molar refractivity (Wildman–Crippen MR) is 53.8 cm³/mol. The van der Waals surface area contributed by atoms with Crippen molar-refractivity contribution in [3.63, 3.8) is 0 Å². The van der Waals surface area contributed by atoms with E-state index >= 15 is 0 Å². The molecule has 0 radical (unpaired) electrons. The van der Waals surface area contributed by atoms with Crippen LogP contribution in [0.5, 0.6) is 0 Å². The first-order valence-corrected chi connectivity index (χ1v) is 4.44. The molecular weight excluding hydrogens is 183 g/mol. The molecule has 1 rings (SSSR count). The molecular formula is C10H13FN2O. The number of hydrogen-bond donors (Lipinski definition) is 2. The topological polar surface area (TPSA) is 41.1 Å². The summed E-state index contributed by atoms with van der Waals surface area (Å²) in [5, 5.41) is 4.93. The molecule has 0 saturated carbocycles. The number of benzene rings is 1. The van der Waals surface area contributed by atoms with Gasteiger partial charge in [0.25, 0.3) is 0 Å². The highest BCUT2D eigenvalue weighted by atomic mass is 19.1. The normalized spacial score (nSPS) is 9.64. The number of nitrogens with one attached hydrogen (secondary N) is 2. The third-order valence-corrected chi connectivity index (χ3v) is 1.71. The Balaban J connectivity index is 2.72. The number of anilines is 1. The lowest BCUT2D eigenvalue weighted by molar-refractivity contribution is 0.252. The molecule has 0 aliphatic heterocycles. The number of carbonyl (C=O) groups is 1. The molecule has 1 aromatic rings. The van der Waals surface area contributed by atoms with Crippen molar-refractivity contribution in [2.75, 3.05) is 11.9 Å². The van der Waals surface area contributed by atoms with Gasteiger partial charge in [-0.15, -0.1) is 0 Å². The summed E-state index contributed by atoms with van der Waals surface area (Å²) in [6, 6.07) is 4.27. The van der Waals surface area contributed by atoms with Gasteiger partial charge in [0.15, 0.2) is 0 Å². The molecule has 0 saturated heterocycles. The fourth-order valence-electron chi connectivity index (χ4n) is 1.05. The highest BCUT2D eigenvalue weighted by Gasteiger charge is 2.04. The maximum atomic E-state index is 13.2. The molecule has 0 fully saturated rings. The van der Waals surface area contributed by atoms with E-state index in [2.05, 4.69) is 10.6 Å². The third-order valence-electron chi connectivity index (χ3n) is 1.71. The molecule has 0 atom stereocenters. The lowest BCUT2D eigenvalue weighted by Gasteiger charge is -2.06. The van der Waals surface area contributed by atoms with Crippen molar-refractivity contribution in [3.05, 3.63) is 29.6 Å². The van der Waals surface area contributed by atoms with Crippen LogP contribution >= 0.6 is 0 Å². The van der Waals surface area contributed by atoms with Crippen LogP contribution in [-0.2, 0) is 0 Å². The van der Waals surface area contributed by atoms with Crippen molar-refractivity contribution in [2.45, 2.75) is 13.8 Å². The van der Waals surface area contributed by atoms with Gasteiger partial charge in [-0.3, -0.25) is 0 Å². The molecule has 76 valence electrons. The van der Waals surface area contributed by atoms with Crippen LogP contribution in [0.4, 0.5) is 14.9 Å². The van der Waals surface area contributed by atoms with Gasteiger partial charge >= 0.3 is 6.03 Å². The van der Waals surface area contributed by atoms with E-state index in [9.17, 15) is 9.18 Å². The molecule has 0 aliphatic carbocycles. The van der Waals surface area contributed by atoms with Crippen molar-refractivity contribution >= 4 is 11.7 Å². The zero-order chi connectivity index (χ0) is 10.6. The summed E-state index contributed by atoms with van der Waals surface area (Å²) in [7, 11) is 0. The Hall–Kier alpha value is -1.58. The van der Waals surface area contributed by atoms with E-state index in [-0.39, 0.29) is 5.69 Å². The Morgan fingerprint density at radius 1 is 1.50 bits per heavy atom. The van der Waals surface area contributed by atoms with Crippen LogP contribution in [0, 0.1) is 12.7 Å². The first kappa shape index (κ1) is 10.5. The van der Waals surface area contributed by atoms with Gasteiger partial charge in [0, 0.05) is 6.54 Å². The summed E-state index contributed by atoms with van der Waals surface area (Å²) >= 11 is 0. The van der Waals surface area contributed by atoms with Crippen LogP contribution in [0.15, 0.2) is 18.2 Å². The largest absolute Gasteiger partial charge is 0.338 e. The van der Waals surface area contributed by atoms with Crippen molar-refractivity contribution < 1.29 is 9.18 Å². The highest BCUT2D eigenvalue weighted by Crippen LogP contribution is 2.14. The number of hydrogen-bond acceptors (Lipinski definition) is 1. The maximum absolute atomic E-state index is 13.2. The van der Waals surface area contributed by atoms with Crippen LogP contribution in [-0.4, -0.2) is 12.6 Å². The molecule has 2 N–H and O–H groups in total. The van der Waals surface area contributed by atoms with Gasteiger partial charge in [-0.25, -0.2) is 9.18 Å². The van der Waals surface area contributed by atoms with E-state index in [1.807, 2.05) is 0 Å². The minimum absolute atomic E-state index is 0.196. The van der Waals surface area contributed by atoms with Gasteiger partial charge in [-0.1, -0.05) is 6.07 Å². The number of rotatable bonds is 2.